The van der Waals surface area contributed by atoms with E-state index in [1.54, 1.807) is 0 Å². The molecule has 0 aromatic heterocycles. The first-order chi connectivity index (χ1) is 38.2. The summed E-state index contributed by atoms with van der Waals surface area (Å²) >= 11 is 0. The van der Waals surface area contributed by atoms with Crippen molar-refractivity contribution < 1.29 is 28.4 Å². The van der Waals surface area contributed by atoms with Crippen LogP contribution in [0.3, 0.4) is 0 Å². The predicted molar refractivity (Wildman–Crippen MR) is 326 cm³/mol. The summed E-state index contributed by atoms with van der Waals surface area (Å²) in [5.41, 5.74) is 16.7. The predicted octanol–water partition coefficient (Wildman–Crippen LogP) is 18.1. The molecule has 1 aliphatic rings. The van der Waals surface area contributed by atoms with Crippen LogP contribution in [0.1, 0.15) is 172 Å². The topological polar surface area (TPSA) is 55.4 Å². The molecule has 8 bridgehead atoms. The zero-order chi connectivity index (χ0) is 56.7. The lowest BCUT2D eigenvalue weighted by Crippen LogP contribution is -2.17. The van der Waals surface area contributed by atoms with Crippen LogP contribution in [-0.2, 0) is 96.8 Å². The van der Waals surface area contributed by atoms with Gasteiger partial charge in [-0.3, -0.25) is 0 Å². The van der Waals surface area contributed by atoms with Gasteiger partial charge in [-0.1, -0.05) is 229 Å². The summed E-state index contributed by atoms with van der Waals surface area (Å²) in [7, 11) is 0. The maximum atomic E-state index is 7.13. The van der Waals surface area contributed by atoms with Gasteiger partial charge in [0.05, 0.1) is 26.4 Å². The van der Waals surface area contributed by atoms with Crippen LogP contribution < -0.4 is 18.9 Å². The van der Waals surface area contributed by atoms with Crippen LogP contribution >= 0.6 is 0 Å². The largest absolute Gasteiger partial charge is 0.488 e. The molecule has 0 N–H and O–H groups in total. The highest BCUT2D eigenvalue weighted by atomic mass is 16.5. The maximum absolute atomic E-state index is 7.13. The number of fused-ring (bicyclic) bond motifs is 8. The Labute approximate surface area is 478 Å². The summed E-state index contributed by atoms with van der Waals surface area (Å²) in [5.74, 6) is 3.30. The molecule has 0 radical (unpaired) electrons. The molecule has 6 nitrogen and oxygen atoms in total. The van der Waals surface area contributed by atoms with Gasteiger partial charge in [-0.25, -0.2) is 0 Å². The molecule has 8 aromatic carbocycles. The molecule has 9 rings (SSSR count). The molecule has 416 valence electrons. The molecule has 0 amide bonds. The second kappa shape index (κ2) is 24.7. The molecular formula is C74H84O6. The van der Waals surface area contributed by atoms with Crippen LogP contribution in [-0.4, -0.2) is 0 Å². The smallest absolute Gasteiger partial charge is 0.128 e. The number of benzene rings is 8. The highest BCUT2D eigenvalue weighted by Crippen LogP contribution is 2.43. The van der Waals surface area contributed by atoms with Crippen molar-refractivity contribution >= 4 is 0 Å². The van der Waals surface area contributed by atoms with E-state index in [2.05, 4.69) is 229 Å². The summed E-state index contributed by atoms with van der Waals surface area (Å²) in [6, 6.07) is 60.3. The molecule has 0 saturated carbocycles. The third kappa shape index (κ3) is 14.8. The Morgan fingerprint density at radius 1 is 0.275 bits per heavy atom. The molecule has 0 spiro atoms. The molecule has 0 fully saturated rings. The zero-order valence-electron chi connectivity index (χ0n) is 49.7. The van der Waals surface area contributed by atoms with Crippen molar-refractivity contribution in [1.82, 2.24) is 0 Å². The lowest BCUT2D eigenvalue weighted by atomic mass is 9.82. The Bertz CT molecular complexity index is 2890. The molecule has 6 heteroatoms. The van der Waals surface area contributed by atoms with Gasteiger partial charge in [0.1, 0.15) is 49.4 Å². The highest BCUT2D eigenvalue weighted by molar-refractivity contribution is 5.56. The fourth-order valence-corrected chi connectivity index (χ4v) is 10.3. The third-order valence-corrected chi connectivity index (χ3v) is 15.1. The monoisotopic (exact) mass is 1070 g/mol. The Morgan fingerprint density at radius 2 is 0.463 bits per heavy atom. The quantitative estimate of drug-likeness (QED) is 0.122. The van der Waals surface area contributed by atoms with Gasteiger partial charge in [-0.2, -0.15) is 0 Å². The standard InChI is InChI=1S/C74H84O6/c1-71(2,3)63-35-55-33-56-36-64(72(4,5)6)41-61(68(56)78-44-52-27-19-14-20-28-52)49-76-50-62-42-66(74(10,11)12)38-58(70(62)80-46-54-31-23-16-24-32-54)34-57-37-65(73(7,8)9)40-60(69(57)79-45-53-29-21-15-22-30-53)48-75-47-59(39-63)67(55)77-43-51-25-17-13-18-26-51/h13-32,35-42H,33-34,43-50H2,1-12H3. The van der Waals surface area contributed by atoms with Crippen LogP contribution in [0.5, 0.6) is 23.0 Å². The first-order valence-electron chi connectivity index (χ1n) is 28.6. The van der Waals surface area contributed by atoms with E-state index in [1.807, 2.05) is 24.3 Å². The van der Waals surface area contributed by atoms with Crippen molar-refractivity contribution in [3.8, 4) is 23.0 Å². The summed E-state index contributed by atoms with van der Waals surface area (Å²) in [4.78, 5) is 0. The SMILES string of the molecule is CC(C)(C)c1cc2c(OCc3ccccc3)c(c1)Cc1cc(C(C)(C)C)cc(c1OCc1ccccc1)COCc1cc(C(C)(C)C)cc(c1OCc1ccccc1)Cc1cc(C(C)(C)C)cc(c1OCc1ccccc1)COC2. The molecule has 0 aliphatic carbocycles. The lowest BCUT2D eigenvalue weighted by molar-refractivity contribution is 0.101. The molecular weight excluding hydrogens is 985 g/mol. The van der Waals surface area contributed by atoms with Gasteiger partial charge in [-0.05, 0) is 113 Å². The minimum atomic E-state index is -0.186. The molecule has 0 unspecified atom stereocenters. The molecule has 80 heavy (non-hydrogen) atoms. The van der Waals surface area contributed by atoms with Crippen molar-refractivity contribution in [2.45, 2.75) is 170 Å². The summed E-state index contributed by atoms with van der Waals surface area (Å²) < 4.78 is 42.8. The van der Waals surface area contributed by atoms with E-state index in [0.29, 0.717) is 65.7 Å². The van der Waals surface area contributed by atoms with Crippen molar-refractivity contribution in [3.63, 3.8) is 0 Å². The fraction of sp³-hybridized carbons (Fsp3) is 0.351. The lowest BCUT2D eigenvalue weighted by Gasteiger charge is -2.28. The summed E-state index contributed by atoms with van der Waals surface area (Å²) in [6.45, 7) is 30.2. The minimum absolute atomic E-state index is 0.186. The maximum Gasteiger partial charge on any atom is 0.128 e. The molecule has 8 aromatic rings. The molecule has 1 heterocycles. The van der Waals surface area contributed by atoms with E-state index >= 15 is 0 Å². The van der Waals surface area contributed by atoms with Gasteiger partial charge < -0.3 is 28.4 Å². The van der Waals surface area contributed by atoms with Crippen molar-refractivity contribution in [1.29, 1.82) is 0 Å². The third-order valence-electron chi connectivity index (χ3n) is 15.1. The van der Waals surface area contributed by atoms with Gasteiger partial charge in [-0.15, -0.1) is 0 Å². The molecule has 0 atom stereocenters. The second-order valence-electron chi connectivity index (χ2n) is 25.9. The summed E-state index contributed by atoms with van der Waals surface area (Å²) in [6.07, 6.45) is 1.09. The van der Waals surface area contributed by atoms with Gasteiger partial charge in [0.25, 0.3) is 0 Å². The van der Waals surface area contributed by atoms with Crippen molar-refractivity contribution in [2.24, 2.45) is 0 Å². The Balaban J connectivity index is 1.28. The van der Waals surface area contributed by atoms with Gasteiger partial charge in [0.2, 0.25) is 0 Å². The van der Waals surface area contributed by atoms with E-state index < -0.39 is 0 Å². The number of ether oxygens (including phenoxy) is 6. The zero-order valence-corrected chi connectivity index (χ0v) is 49.7. The Morgan fingerprint density at radius 3 is 0.650 bits per heavy atom. The second-order valence-corrected chi connectivity index (χ2v) is 25.9. The number of rotatable bonds is 12. The van der Waals surface area contributed by atoms with Crippen molar-refractivity contribution in [2.75, 3.05) is 0 Å². The summed E-state index contributed by atoms with van der Waals surface area (Å²) in [5, 5.41) is 0. The van der Waals surface area contributed by atoms with Crippen LogP contribution in [0.2, 0.25) is 0 Å². The van der Waals surface area contributed by atoms with Crippen LogP contribution in [0.25, 0.3) is 0 Å². The van der Waals surface area contributed by atoms with E-state index in [0.717, 1.165) is 89.8 Å². The minimum Gasteiger partial charge on any atom is -0.488 e. The Kier molecular flexibility index (Phi) is 17.8. The fourth-order valence-electron chi connectivity index (χ4n) is 10.3. The average Bonchev–Trinajstić information content (AvgIpc) is 3.52. The van der Waals surface area contributed by atoms with Gasteiger partial charge in [0.15, 0.2) is 0 Å². The highest BCUT2D eigenvalue weighted by Gasteiger charge is 2.28. The average molecular weight is 1070 g/mol. The van der Waals surface area contributed by atoms with Crippen LogP contribution in [0.15, 0.2) is 170 Å². The van der Waals surface area contributed by atoms with E-state index in [1.165, 1.54) is 22.3 Å². The first-order valence-corrected chi connectivity index (χ1v) is 28.6. The van der Waals surface area contributed by atoms with E-state index in [9.17, 15) is 0 Å². The van der Waals surface area contributed by atoms with E-state index in [4.69, 9.17) is 28.4 Å². The normalized spacial score (nSPS) is 13.6. The molecule has 1 aliphatic heterocycles. The number of hydrogen-bond donors (Lipinski definition) is 0. The molecule has 0 saturated heterocycles. The first kappa shape index (κ1) is 57.6. The van der Waals surface area contributed by atoms with Crippen LogP contribution in [0, 0.1) is 0 Å². The van der Waals surface area contributed by atoms with Gasteiger partial charge in [0, 0.05) is 35.1 Å². The van der Waals surface area contributed by atoms with Gasteiger partial charge >= 0.3 is 0 Å². The van der Waals surface area contributed by atoms with Crippen LogP contribution in [0.4, 0.5) is 0 Å². The van der Waals surface area contributed by atoms with Crippen molar-refractivity contribution in [3.05, 3.63) is 259 Å². The Hall–Kier alpha value is -7.12. The van der Waals surface area contributed by atoms with E-state index in [-0.39, 0.29) is 21.7 Å². The number of hydrogen-bond acceptors (Lipinski definition) is 6.